The summed E-state index contributed by atoms with van der Waals surface area (Å²) in [5, 5.41) is 14.7. The van der Waals surface area contributed by atoms with Gasteiger partial charge in [-0.15, -0.1) is 0 Å². The SMILES string of the molecule is CN[C@H](C(=O)N[C@@H](CCCNC(N)=O)C(=O)Nc1ccc(COC(=O)N(C)Cc2ccc(-c3[nH]c4cc(F)cc5c4c3CCNC5=O)cc2)cc1)C(C)C. The molecular weight excluding hydrogens is 695 g/mol. The average Bonchev–Trinajstić information content (AvgIpc) is 3.40. The van der Waals surface area contributed by atoms with Gasteiger partial charge in [0.2, 0.25) is 11.8 Å². The third kappa shape index (κ3) is 9.72. The van der Waals surface area contributed by atoms with Crippen molar-refractivity contribution in [3.63, 3.8) is 0 Å². The number of primary amides is 1. The van der Waals surface area contributed by atoms with Crippen molar-refractivity contribution in [2.24, 2.45) is 11.7 Å². The Morgan fingerprint density at radius 3 is 2.37 bits per heavy atom. The highest BCUT2D eigenvalue weighted by atomic mass is 19.1. The van der Waals surface area contributed by atoms with Gasteiger partial charge in [0.25, 0.3) is 5.91 Å². The number of nitrogens with two attached hydrogens (primary N) is 1. The van der Waals surface area contributed by atoms with Crippen molar-refractivity contribution in [2.45, 2.75) is 58.3 Å². The fourth-order valence-electron chi connectivity index (χ4n) is 6.54. The number of rotatable bonds is 15. The van der Waals surface area contributed by atoms with Crippen molar-refractivity contribution in [2.75, 3.05) is 32.5 Å². The summed E-state index contributed by atoms with van der Waals surface area (Å²) in [4.78, 5) is 67.3. The third-order valence-corrected chi connectivity index (χ3v) is 9.29. The maximum absolute atomic E-state index is 14.3. The van der Waals surface area contributed by atoms with E-state index in [9.17, 15) is 28.4 Å². The van der Waals surface area contributed by atoms with Crippen LogP contribution in [0.15, 0.2) is 60.7 Å². The topological polar surface area (TPSA) is 200 Å². The minimum Gasteiger partial charge on any atom is -0.445 e. The molecule has 4 aromatic rings. The van der Waals surface area contributed by atoms with Crippen LogP contribution in [-0.4, -0.2) is 79.0 Å². The van der Waals surface area contributed by atoms with E-state index in [1.165, 1.54) is 17.0 Å². The average molecular weight is 743 g/mol. The predicted molar refractivity (Wildman–Crippen MR) is 203 cm³/mol. The molecule has 0 bridgehead atoms. The van der Waals surface area contributed by atoms with Gasteiger partial charge >= 0.3 is 12.1 Å². The Balaban J connectivity index is 1.14. The maximum atomic E-state index is 14.3. The van der Waals surface area contributed by atoms with Gasteiger partial charge in [-0.25, -0.2) is 14.0 Å². The molecule has 8 N–H and O–H groups in total. The highest BCUT2D eigenvalue weighted by molar-refractivity contribution is 6.10. The number of carbonyl (C=O) groups excluding carboxylic acids is 5. The lowest BCUT2D eigenvalue weighted by molar-refractivity contribution is -0.128. The Hall–Kier alpha value is -5.96. The Morgan fingerprint density at radius 2 is 1.70 bits per heavy atom. The Bertz CT molecular complexity index is 2000. The number of likely N-dealkylation sites (N-methyl/N-ethyl adjacent to an activating group) is 1. The number of nitrogens with one attached hydrogen (secondary N) is 6. The number of nitrogens with zero attached hydrogens (tertiary/aromatic N) is 1. The molecule has 0 unspecified atom stereocenters. The number of ether oxygens (including phenoxy) is 1. The summed E-state index contributed by atoms with van der Waals surface area (Å²) in [6.45, 7) is 4.79. The Morgan fingerprint density at radius 1 is 1.00 bits per heavy atom. The highest BCUT2D eigenvalue weighted by Gasteiger charge is 2.27. The lowest BCUT2D eigenvalue weighted by Crippen LogP contribution is -2.52. The fraction of sp³-hybridized carbons (Fsp3) is 0.359. The second kappa shape index (κ2) is 17.7. The molecule has 0 radical (unpaired) electrons. The molecule has 14 nitrogen and oxygen atoms in total. The van der Waals surface area contributed by atoms with Crippen LogP contribution in [0, 0.1) is 11.7 Å². The van der Waals surface area contributed by atoms with E-state index < -0.39 is 35.9 Å². The number of aromatic nitrogens is 1. The molecule has 1 aromatic heterocycles. The standard InChI is InChI=1S/C39H47FN8O6/c1-22(2)33(42-3)37(51)47-30(6-5-16-44-38(41)52)36(50)45-27-13-9-24(10-14-27)21-54-39(53)48(4)20-23-7-11-25(12-8-23)34-28-15-17-43-35(49)29-18-26(40)19-31(46-34)32(28)29/h7-14,18-19,22,30,33,42,46H,5-6,15-17,20-21H2,1-4H3,(H,43,49)(H,45,50)(H,47,51)(H3,41,44,52)/t30-,33-/m0/s1. The van der Waals surface area contributed by atoms with Crippen molar-refractivity contribution < 1.29 is 33.1 Å². The molecule has 0 aliphatic carbocycles. The van der Waals surface area contributed by atoms with E-state index in [2.05, 4.69) is 31.6 Å². The monoisotopic (exact) mass is 742 g/mol. The van der Waals surface area contributed by atoms with Crippen molar-refractivity contribution in [3.8, 4) is 11.3 Å². The summed E-state index contributed by atoms with van der Waals surface area (Å²) in [5.74, 6) is -1.51. The molecule has 1 aliphatic rings. The normalized spacial score (nSPS) is 13.4. The van der Waals surface area contributed by atoms with Crippen LogP contribution in [0.25, 0.3) is 22.2 Å². The smallest absolute Gasteiger partial charge is 0.410 e. The maximum Gasteiger partial charge on any atom is 0.410 e. The van der Waals surface area contributed by atoms with Crippen molar-refractivity contribution in [1.82, 2.24) is 31.2 Å². The quantitative estimate of drug-likeness (QED) is 0.0888. The summed E-state index contributed by atoms with van der Waals surface area (Å²) in [6, 6.07) is 15.1. The van der Waals surface area contributed by atoms with Gasteiger partial charge in [0.05, 0.1) is 11.6 Å². The van der Waals surface area contributed by atoms with E-state index in [4.69, 9.17) is 10.5 Å². The van der Waals surface area contributed by atoms with Crippen molar-refractivity contribution in [3.05, 3.63) is 88.7 Å². The number of aromatic amines is 1. The number of anilines is 1. The zero-order valence-corrected chi connectivity index (χ0v) is 30.8. The van der Waals surface area contributed by atoms with Crippen molar-refractivity contribution in [1.29, 1.82) is 0 Å². The molecule has 2 atom stereocenters. The minimum atomic E-state index is -0.858. The lowest BCUT2D eigenvalue weighted by Gasteiger charge is -2.24. The van der Waals surface area contributed by atoms with Gasteiger partial charge in [-0.3, -0.25) is 14.4 Å². The molecule has 0 saturated heterocycles. The molecule has 6 amide bonds. The molecule has 15 heteroatoms. The van der Waals surface area contributed by atoms with Gasteiger partial charge in [0, 0.05) is 49.0 Å². The van der Waals surface area contributed by atoms with Crippen LogP contribution in [0.2, 0.25) is 0 Å². The van der Waals surface area contributed by atoms with E-state index in [-0.39, 0.29) is 37.3 Å². The zero-order valence-electron chi connectivity index (χ0n) is 30.8. The molecule has 286 valence electrons. The summed E-state index contributed by atoms with van der Waals surface area (Å²) in [7, 11) is 3.32. The molecular formula is C39H47FN8O6. The van der Waals surface area contributed by atoms with Gasteiger partial charge < -0.3 is 46.9 Å². The first-order valence-corrected chi connectivity index (χ1v) is 17.8. The largest absolute Gasteiger partial charge is 0.445 e. The number of hydrogen-bond acceptors (Lipinski definition) is 7. The molecule has 0 spiro atoms. The van der Waals surface area contributed by atoms with Crippen LogP contribution in [0.4, 0.5) is 19.7 Å². The second-order valence-electron chi connectivity index (χ2n) is 13.7. The summed E-state index contributed by atoms with van der Waals surface area (Å²) in [5.41, 5.74) is 10.7. The van der Waals surface area contributed by atoms with Crippen LogP contribution < -0.4 is 32.3 Å². The number of halogens is 1. The van der Waals surface area contributed by atoms with Crippen molar-refractivity contribution >= 4 is 46.4 Å². The van der Waals surface area contributed by atoms with Gasteiger partial charge in [-0.05, 0) is 78.7 Å². The lowest BCUT2D eigenvalue weighted by atomic mass is 9.99. The predicted octanol–water partition coefficient (Wildman–Crippen LogP) is 4.14. The summed E-state index contributed by atoms with van der Waals surface area (Å²) in [6.07, 6.45) is 0.760. The number of amides is 6. The summed E-state index contributed by atoms with van der Waals surface area (Å²) < 4.78 is 19.8. The zero-order chi connectivity index (χ0) is 38.9. The number of hydrogen-bond donors (Lipinski definition) is 7. The summed E-state index contributed by atoms with van der Waals surface area (Å²) >= 11 is 0. The van der Waals surface area contributed by atoms with Crippen LogP contribution in [-0.2, 0) is 33.9 Å². The van der Waals surface area contributed by atoms with E-state index >= 15 is 0 Å². The van der Waals surface area contributed by atoms with E-state index in [0.29, 0.717) is 48.3 Å². The minimum absolute atomic E-state index is 0.00555. The first-order chi connectivity index (χ1) is 25.8. The van der Waals surface area contributed by atoms with Crippen LogP contribution in [0.1, 0.15) is 53.7 Å². The number of urea groups is 1. The highest BCUT2D eigenvalue weighted by Crippen LogP contribution is 2.35. The van der Waals surface area contributed by atoms with E-state index in [0.717, 1.165) is 27.8 Å². The molecule has 1 aliphatic heterocycles. The number of benzene rings is 3. The van der Waals surface area contributed by atoms with Gasteiger partial charge in [-0.2, -0.15) is 0 Å². The van der Waals surface area contributed by atoms with Crippen LogP contribution >= 0.6 is 0 Å². The molecule has 3 aromatic carbocycles. The Labute approximate surface area is 312 Å². The fourth-order valence-corrected chi connectivity index (χ4v) is 6.54. The molecule has 0 saturated carbocycles. The molecule has 54 heavy (non-hydrogen) atoms. The van der Waals surface area contributed by atoms with E-state index in [1.54, 1.807) is 38.4 Å². The second-order valence-corrected chi connectivity index (χ2v) is 13.7. The van der Waals surface area contributed by atoms with Gasteiger partial charge in [0.15, 0.2) is 0 Å². The Kier molecular flexibility index (Phi) is 12.9. The van der Waals surface area contributed by atoms with Gasteiger partial charge in [-0.1, -0.05) is 50.2 Å². The first kappa shape index (κ1) is 39.3. The number of H-pyrrole nitrogens is 1. The van der Waals surface area contributed by atoms with Crippen LogP contribution in [0.3, 0.4) is 0 Å². The van der Waals surface area contributed by atoms with Crippen LogP contribution in [0.5, 0.6) is 0 Å². The molecule has 5 rings (SSSR count). The third-order valence-electron chi connectivity index (χ3n) is 9.29. The number of carbonyl (C=O) groups is 5. The molecule has 0 fully saturated rings. The first-order valence-electron chi connectivity index (χ1n) is 17.8. The van der Waals surface area contributed by atoms with E-state index in [1.807, 2.05) is 38.1 Å². The molecule has 2 heterocycles. The van der Waals surface area contributed by atoms with Gasteiger partial charge in [0.1, 0.15) is 18.5 Å².